The molecule has 0 aromatic rings. The Bertz CT molecular complexity index is 336. The van der Waals surface area contributed by atoms with Crippen LogP contribution in [0, 0.1) is 5.92 Å². The van der Waals surface area contributed by atoms with Gasteiger partial charge in [0.25, 0.3) is 0 Å². The van der Waals surface area contributed by atoms with Gasteiger partial charge in [0, 0.05) is 33.8 Å². The fourth-order valence-electron chi connectivity index (χ4n) is 2.09. The molecular formula is C13H25N3O4. The van der Waals surface area contributed by atoms with Crippen molar-refractivity contribution in [3.63, 3.8) is 0 Å². The third kappa shape index (κ3) is 4.43. The molecule has 1 aliphatic rings. The van der Waals surface area contributed by atoms with Gasteiger partial charge < -0.3 is 24.6 Å². The van der Waals surface area contributed by atoms with Crippen LogP contribution in [0.4, 0.5) is 0 Å². The molecule has 1 aliphatic heterocycles. The number of likely N-dealkylation sites (N-methyl/N-ethyl adjacent to an activating group) is 2. The molecule has 0 radical (unpaired) electrons. The lowest BCUT2D eigenvalue weighted by atomic mass is 10.0. The van der Waals surface area contributed by atoms with Crippen LogP contribution in [0.3, 0.4) is 0 Å². The van der Waals surface area contributed by atoms with Gasteiger partial charge in [0.2, 0.25) is 11.8 Å². The van der Waals surface area contributed by atoms with Gasteiger partial charge in [-0.3, -0.25) is 9.59 Å². The van der Waals surface area contributed by atoms with Crippen molar-refractivity contribution < 1.29 is 19.1 Å². The molecule has 0 bridgehead atoms. The first kappa shape index (κ1) is 16.9. The van der Waals surface area contributed by atoms with Gasteiger partial charge in [0.1, 0.15) is 0 Å². The number of nitrogens with one attached hydrogen (secondary N) is 1. The molecule has 1 rings (SSSR count). The monoisotopic (exact) mass is 287 g/mol. The molecule has 116 valence electrons. The predicted molar refractivity (Wildman–Crippen MR) is 74.3 cm³/mol. The van der Waals surface area contributed by atoms with E-state index in [-0.39, 0.29) is 30.3 Å². The Balaban J connectivity index is 2.70. The summed E-state index contributed by atoms with van der Waals surface area (Å²) in [6, 6.07) is 0.00185. The van der Waals surface area contributed by atoms with Crippen LogP contribution in [0.1, 0.15) is 0 Å². The number of ether oxygens (including phenoxy) is 2. The number of nitrogens with zero attached hydrogens (tertiary/aromatic N) is 2. The Morgan fingerprint density at radius 3 is 2.60 bits per heavy atom. The van der Waals surface area contributed by atoms with E-state index in [4.69, 9.17) is 9.47 Å². The van der Waals surface area contributed by atoms with E-state index in [1.54, 1.807) is 26.1 Å². The maximum absolute atomic E-state index is 12.6. The van der Waals surface area contributed by atoms with Crippen LogP contribution in [0.15, 0.2) is 0 Å². The molecule has 2 atom stereocenters. The van der Waals surface area contributed by atoms with Gasteiger partial charge in [0.15, 0.2) is 0 Å². The van der Waals surface area contributed by atoms with Crippen molar-refractivity contribution in [1.82, 2.24) is 15.1 Å². The molecule has 0 saturated carbocycles. The molecule has 0 aromatic carbocycles. The van der Waals surface area contributed by atoms with Crippen LogP contribution < -0.4 is 5.32 Å². The van der Waals surface area contributed by atoms with Crippen molar-refractivity contribution in [3.05, 3.63) is 0 Å². The predicted octanol–water partition coefficient (Wildman–Crippen LogP) is -1.22. The molecule has 1 N–H and O–H groups in total. The second-order valence-electron chi connectivity index (χ2n) is 5.08. The minimum Gasteiger partial charge on any atom is -0.383 e. The van der Waals surface area contributed by atoms with Crippen LogP contribution in [0.2, 0.25) is 0 Å². The third-order valence-electron chi connectivity index (χ3n) is 3.47. The van der Waals surface area contributed by atoms with E-state index in [2.05, 4.69) is 5.32 Å². The quantitative estimate of drug-likeness (QED) is 0.636. The van der Waals surface area contributed by atoms with Crippen molar-refractivity contribution in [2.24, 2.45) is 5.92 Å². The first-order valence-electron chi connectivity index (χ1n) is 6.74. The summed E-state index contributed by atoms with van der Waals surface area (Å²) >= 11 is 0. The number of carbonyl (C=O) groups is 2. The van der Waals surface area contributed by atoms with Crippen molar-refractivity contribution in [2.75, 3.05) is 61.2 Å². The lowest BCUT2D eigenvalue weighted by Gasteiger charge is -2.27. The number of rotatable bonds is 7. The van der Waals surface area contributed by atoms with E-state index in [1.807, 2.05) is 7.05 Å². The normalized spacial score (nSPS) is 21.8. The number of carbonyl (C=O) groups excluding carboxylic acids is 2. The van der Waals surface area contributed by atoms with Crippen molar-refractivity contribution >= 4 is 11.8 Å². The maximum Gasteiger partial charge on any atom is 0.241 e. The molecular weight excluding hydrogens is 262 g/mol. The van der Waals surface area contributed by atoms with Crippen LogP contribution in [0.25, 0.3) is 0 Å². The molecule has 1 heterocycles. The van der Waals surface area contributed by atoms with Crippen LogP contribution in [-0.2, 0) is 19.1 Å². The first-order valence-corrected chi connectivity index (χ1v) is 6.74. The van der Waals surface area contributed by atoms with Gasteiger partial charge >= 0.3 is 0 Å². The van der Waals surface area contributed by atoms with Gasteiger partial charge in [0.05, 0.1) is 32.3 Å². The van der Waals surface area contributed by atoms with Crippen molar-refractivity contribution in [1.29, 1.82) is 0 Å². The molecule has 1 saturated heterocycles. The summed E-state index contributed by atoms with van der Waals surface area (Å²) in [6.45, 7) is 1.80. The average molecular weight is 287 g/mol. The highest BCUT2D eigenvalue weighted by molar-refractivity contribution is 5.86. The Labute approximate surface area is 120 Å². The maximum atomic E-state index is 12.6. The van der Waals surface area contributed by atoms with Crippen LogP contribution in [-0.4, -0.2) is 88.8 Å². The molecule has 2 amide bonds. The van der Waals surface area contributed by atoms with Crippen molar-refractivity contribution in [3.8, 4) is 0 Å². The summed E-state index contributed by atoms with van der Waals surface area (Å²) in [5.74, 6) is -0.407. The summed E-state index contributed by atoms with van der Waals surface area (Å²) in [5.41, 5.74) is 0. The van der Waals surface area contributed by atoms with E-state index in [0.29, 0.717) is 26.4 Å². The fraction of sp³-hybridized carbons (Fsp3) is 0.846. The number of hydrogen-bond donors (Lipinski definition) is 1. The Hall–Kier alpha value is -1.18. The van der Waals surface area contributed by atoms with E-state index < -0.39 is 0 Å². The molecule has 7 heteroatoms. The topological polar surface area (TPSA) is 71.1 Å². The molecule has 1 fully saturated rings. The largest absolute Gasteiger partial charge is 0.383 e. The highest BCUT2D eigenvalue weighted by Gasteiger charge is 2.36. The van der Waals surface area contributed by atoms with Crippen LogP contribution >= 0.6 is 0 Å². The van der Waals surface area contributed by atoms with Crippen molar-refractivity contribution in [2.45, 2.75) is 6.04 Å². The molecule has 0 aromatic heterocycles. The van der Waals surface area contributed by atoms with Crippen LogP contribution in [0.5, 0.6) is 0 Å². The lowest BCUT2D eigenvalue weighted by Crippen LogP contribution is -2.48. The Morgan fingerprint density at radius 1 is 1.35 bits per heavy atom. The van der Waals surface area contributed by atoms with E-state index in [0.717, 1.165) is 0 Å². The summed E-state index contributed by atoms with van der Waals surface area (Å²) in [4.78, 5) is 27.4. The summed E-state index contributed by atoms with van der Waals surface area (Å²) in [7, 11) is 6.74. The highest BCUT2D eigenvalue weighted by atomic mass is 16.5. The molecule has 0 spiro atoms. The van der Waals surface area contributed by atoms with E-state index >= 15 is 0 Å². The van der Waals surface area contributed by atoms with Gasteiger partial charge in [-0.25, -0.2) is 0 Å². The highest BCUT2D eigenvalue weighted by Crippen LogP contribution is 2.16. The van der Waals surface area contributed by atoms with E-state index in [9.17, 15) is 9.59 Å². The second kappa shape index (κ2) is 8.18. The number of hydrogen-bond acceptors (Lipinski definition) is 5. The molecule has 0 aliphatic carbocycles. The third-order valence-corrected chi connectivity index (χ3v) is 3.47. The van der Waals surface area contributed by atoms with E-state index in [1.165, 1.54) is 4.90 Å². The zero-order valence-electron chi connectivity index (χ0n) is 12.7. The smallest absolute Gasteiger partial charge is 0.241 e. The van der Waals surface area contributed by atoms with Gasteiger partial charge in [-0.1, -0.05) is 0 Å². The minimum atomic E-state index is -0.244. The zero-order chi connectivity index (χ0) is 15.1. The number of amides is 2. The number of methoxy groups -OCH3 is 1. The van der Waals surface area contributed by atoms with Gasteiger partial charge in [-0.2, -0.15) is 0 Å². The fourth-order valence-corrected chi connectivity index (χ4v) is 2.09. The van der Waals surface area contributed by atoms with Gasteiger partial charge in [-0.05, 0) is 7.05 Å². The zero-order valence-corrected chi connectivity index (χ0v) is 12.7. The summed E-state index contributed by atoms with van der Waals surface area (Å²) in [5, 5.41) is 3.08. The molecule has 20 heavy (non-hydrogen) atoms. The standard InChI is InChI=1S/C13H25N3O4/c1-14-11-9-20-8-10(11)13(18)16(5-6-19-4)7-12(17)15(2)3/h10-11,14H,5-9H2,1-4H3. The Kier molecular flexibility index (Phi) is 6.90. The first-order chi connectivity index (χ1) is 9.51. The minimum absolute atomic E-state index is 0.00185. The van der Waals surface area contributed by atoms with Gasteiger partial charge in [-0.15, -0.1) is 0 Å². The SMILES string of the molecule is CNC1COCC1C(=O)N(CCOC)CC(=O)N(C)C. The second-order valence-corrected chi connectivity index (χ2v) is 5.08. The lowest BCUT2D eigenvalue weighted by molar-refractivity contribution is -0.142. The average Bonchev–Trinajstić information content (AvgIpc) is 2.90. The molecule has 7 nitrogen and oxygen atoms in total. The Morgan fingerprint density at radius 2 is 2.05 bits per heavy atom. The summed E-state index contributed by atoms with van der Waals surface area (Å²) in [6.07, 6.45) is 0. The molecule has 2 unspecified atom stereocenters. The summed E-state index contributed by atoms with van der Waals surface area (Å²) < 4.78 is 10.4.